The molecule has 0 atom stereocenters. The summed E-state index contributed by atoms with van der Waals surface area (Å²) in [5, 5.41) is 0. The number of ether oxygens (including phenoxy) is 3. The van der Waals surface area contributed by atoms with Crippen LogP contribution in [-0.2, 0) is 11.3 Å². The smallest absolute Gasteiger partial charge is 0.338 e. The average molecular weight is 380 g/mol. The molecule has 0 radical (unpaired) electrons. The monoisotopic (exact) mass is 380 g/mol. The van der Waals surface area contributed by atoms with Gasteiger partial charge < -0.3 is 14.2 Å². The van der Waals surface area contributed by atoms with E-state index in [9.17, 15) is 9.59 Å². The summed E-state index contributed by atoms with van der Waals surface area (Å²) in [5.41, 5.74) is 1.37. The van der Waals surface area contributed by atoms with Crippen molar-refractivity contribution in [3.05, 3.63) is 70.1 Å². The summed E-state index contributed by atoms with van der Waals surface area (Å²) in [4.78, 5) is 29.8. The fourth-order valence-electron chi connectivity index (χ4n) is 2.94. The normalized spacial score (nSPS) is 12.6. The van der Waals surface area contributed by atoms with Crippen LogP contribution in [0.15, 0.2) is 53.3 Å². The van der Waals surface area contributed by atoms with Crippen molar-refractivity contribution >= 4 is 32.5 Å². The first-order chi connectivity index (χ1) is 13.2. The van der Waals surface area contributed by atoms with Crippen molar-refractivity contribution in [2.24, 2.45) is 0 Å². The Hall–Kier alpha value is -3.39. The number of hydrogen-bond donors (Lipinski definition) is 0. The zero-order chi connectivity index (χ0) is 18.4. The quantitative estimate of drug-likeness (QED) is 0.509. The lowest BCUT2D eigenvalue weighted by Crippen LogP contribution is -2.15. The van der Waals surface area contributed by atoms with Crippen molar-refractivity contribution in [3.8, 4) is 11.5 Å². The van der Waals surface area contributed by atoms with Crippen molar-refractivity contribution in [2.45, 2.75) is 6.61 Å². The molecule has 4 aromatic rings. The Kier molecular flexibility index (Phi) is 3.58. The molecule has 0 aliphatic carbocycles. The maximum Gasteiger partial charge on any atom is 0.338 e. The first kappa shape index (κ1) is 15.8. The minimum Gasteiger partial charge on any atom is -0.456 e. The molecule has 0 unspecified atom stereocenters. The van der Waals surface area contributed by atoms with Crippen LogP contribution in [-0.4, -0.2) is 22.1 Å². The van der Waals surface area contributed by atoms with E-state index in [-0.39, 0.29) is 19.0 Å². The molecular weight excluding hydrogens is 368 g/mol. The highest BCUT2D eigenvalue weighted by molar-refractivity contribution is 7.23. The molecule has 8 heteroatoms. The molecule has 27 heavy (non-hydrogen) atoms. The van der Waals surface area contributed by atoms with Gasteiger partial charge in [-0.1, -0.05) is 23.5 Å². The summed E-state index contributed by atoms with van der Waals surface area (Å²) in [6, 6.07) is 13.8. The number of benzene rings is 2. The third-order valence-electron chi connectivity index (χ3n) is 4.21. The highest BCUT2D eigenvalue weighted by Crippen LogP contribution is 2.32. The molecule has 0 bridgehead atoms. The maximum absolute atomic E-state index is 12.5. The summed E-state index contributed by atoms with van der Waals surface area (Å²) in [7, 11) is 0. The zero-order valence-corrected chi connectivity index (χ0v) is 14.7. The number of carbonyl (C=O) groups is 1. The largest absolute Gasteiger partial charge is 0.456 e. The fourth-order valence-corrected chi connectivity index (χ4v) is 3.99. The van der Waals surface area contributed by atoms with Crippen molar-refractivity contribution < 1.29 is 19.0 Å². The first-order valence-electron chi connectivity index (χ1n) is 8.16. The van der Waals surface area contributed by atoms with Crippen LogP contribution in [0, 0.1) is 0 Å². The third-order valence-corrected chi connectivity index (χ3v) is 5.23. The number of esters is 1. The van der Waals surface area contributed by atoms with E-state index in [0.717, 1.165) is 10.2 Å². The van der Waals surface area contributed by atoms with Crippen LogP contribution < -0.4 is 15.0 Å². The maximum atomic E-state index is 12.5. The number of nitrogens with zero attached hydrogens (tertiary/aromatic N) is 2. The molecule has 2 aromatic carbocycles. The molecule has 1 aliphatic heterocycles. The topological polar surface area (TPSA) is 79.1 Å². The predicted molar refractivity (Wildman–Crippen MR) is 98.5 cm³/mol. The van der Waals surface area contributed by atoms with Crippen molar-refractivity contribution in [1.29, 1.82) is 0 Å². The van der Waals surface area contributed by atoms with Crippen LogP contribution >= 0.6 is 11.3 Å². The Bertz CT molecular complexity index is 1260. The van der Waals surface area contributed by atoms with Gasteiger partial charge in [0, 0.05) is 6.07 Å². The number of rotatable bonds is 3. The number of fused-ring (bicyclic) bond motifs is 4. The summed E-state index contributed by atoms with van der Waals surface area (Å²) < 4.78 is 18.3. The van der Waals surface area contributed by atoms with Crippen molar-refractivity contribution in [3.63, 3.8) is 0 Å². The van der Waals surface area contributed by atoms with E-state index >= 15 is 0 Å². The summed E-state index contributed by atoms with van der Waals surface area (Å²) in [5.74, 6) is 0.579. The summed E-state index contributed by atoms with van der Waals surface area (Å²) in [6.07, 6.45) is 0. The van der Waals surface area contributed by atoms with Gasteiger partial charge in [0.2, 0.25) is 6.79 Å². The molecule has 2 aromatic heterocycles. The van der Waals surface area contributed by atoms with Crippen LogP contribution in [0.3, 0.4) is 0 Å². The Balaban J connectivity index is 1.40. The predicted octanol–water partition coefficient (Wildman–Crippen LogP) is 2.99. The van der Waals surface area contributed by atoms with Crippen molar-refractivity contribution in [1.82, 2.24) is 9.38 Å². The Morgan fingerprint density at radius 1 is 1.15 bits per heavy atom. The van der Waals surface area contributed by atoms with Crippen LogP contribution in [0.4, 0.5) is 0 Å². The van der Waals surface area contributed by atoms with E-state index in [1.807, 2.05) is 24.3 Å². The van der Waals surface area contributed by atoms with E-state index in [0.29, 0.717) is 27.7 Å². The number of thiazole rings is 1. The lowest BCUT2D eigenvalue weighted by atomic mass is 10.2. The minimum absolute atomic E-state index is 0.0900. The van der Waals surface area contributed by atoms with Crippen molar-refractivity contribution in [2.75, 3.05) is 6.79 Å². The van der Waals surface area contributed by atoms with E-state index in [4.69, 9.17) is 14.2 Å². The van der Waals surface area contributed by atoms with Gasteiger partial charge in [-0.25, -0.2) is 9.78 Å². The molecule has 0 spiro atoms. The summed E-state index contributed by atoms with van der Waals surface area (Å²) in [6.45, 7) is 0.0458. The molecule has 0 amide bonds. The molecule has 1 aliphatic rings. The van der Waals surface area contributed by atoms with Gasteiger partial charge in [0.1, 0.15) is 6.61 Å². The van der Waals surface area contributed by atoms with Gasteiger partial charge in [-0.05, 0) is 30.3 Å². The van der Waals surface area contributed by atoms with Gasteiger partial charge >= 0.3 is 5.97 Å². The molecule has 0 saturated heterocycles. The molecule has 3 heterocycles. The van der Waals surface area contributed by atoms with Gasteiger partial charge in [-0.2, -0.15) is 0 Å². The van der Waals surface area contributed by atoms with Crippen LogP contribution in [0.25, 0.3) is 15.2 Å². The zero-order valence-electron chi connectivity index (χ0n) is 13.9. The van der Waals surface area contributed by atoms with Crippen LogP contribution in [0.2, 0.25) is 0 Å². The minimum atomic E-state index is -0.522. The number of carbonyl (C=O) groups excluding carboxylic acids is 1. The molecule has 0 fully saturated rings. The van der Waals surface area contributed by atoms with E-state index < -0.39 is 5.97 Å². The highest BCUT2D eigenvalue weighted by atomic mass is 32.1. The van der Waals surface area contributed by atoms with E-state index in [1.165, 1.54) is 17.4 Å². The second kappa shape index (κ2) is 6.10. The number of hydrogen-bond acceptors (Lipinski definition) is 7. The molecule has 0 N–H and O–H groups in total. The second-order valence-electron chi connectivity index (χ2n) is 5.92. The second-order valence-corrected chi connectivity index (χ2v) is 6.93. The van der Waals surface area contributed by atoms with Gasteiger partial charge in [0.25, 0.3) is 5.56 Å². The van der Waals surface area contributed by atoms with Gasteiger partial charge in [-0.3, -0.25) is 9.20 Å². The Morgan fingerprint density at radius 2 is 2.00 bits per heavy atom. The van der Waals surface area contributed by atoms with E-state index in [2.05, 4.69) is 4.98 Å². The van der Waals surface area contributed by atoms with E-state index in [1.54, 1.807) is 22.6 Å². The lowest BCUT2D eigenvalue weighted by molar-refractivity contribution is 0.0467. The first-order valence-corrected chi connectivity index (χ1v) is 8.98. The Labute approximate surface area is 156 Å². The lowest BCUT2D eigenvalue weighted by Gasteiger charge is -2.05. The molecule has 5 rings (SSSR count). The highest BCUT2D eigenvalue weighted by Gasteiger charge is 2.17. The van der Waals surface area contributed by atoms with Crippen LogP contribution in [0.1, 0.15) is 16.1 Å². The Morgan fingerprint density at radius 3 is 2.93 bits per heavy atom. The standard InChI is InChI=1S/C19H12N2O5S/c22-17-8-12(20-19-21(17)13-3-1-2-4-16(13)27-19)9-24-18(23)11-5-6-14-15(7-11)26-10-25-14/h1-8H,9-10H2. The van der Waals surface area contributed by atoms with Gasteiger partial charge in [0.15, 0.2) is 16.5 Å². The average Bonchev–Trinajstić information content (AvgIpc) is 3.29. The molecular formula is C19H12N2O5S. The van der Waals surface area contributed by atoms with Gasteiger partial charge in [0.05, 0.1) is 21.5 Å². The summed E-state index contributed by atoms with van der Waals surface area (Å²) >= 11 is 1.42. The number of aromatic nitrogens is 2. The molecule has 0 saturated carbocycles. The molecule has 7 nitrogen and oxygen atoms in total. The fraction of sp³-hybridized carbons (Fsp3) is 0.105. The van der Waals surface area contributed by atoms with Gasteiger partial charge in [-0.15, -0.1) is 0 Å². The number of para-hydroxylation sites is 1. The molecule has 134 valence electrons. The third kappa shape index (κ3) is 2.70. The SMILES string of the molecule is O=C(OCc1cc(=O)n2c(n1)sc1ccccc12)c1ccc2c(c1)OCO2. The van der Waals surface area contributed by atoms with Crippen LogP contribution in [0.5, 0.6) is 11.5 Å².